The molecule has 2 aromatic carbocycles. The number of nitrogens with one attached hydrogen (secondary N) is 1. The maximum Gasteiger partial charge on any atom is 0.234 e. The third-order valence-corrected chi connectivity index (χ3v) is 6.37. The summed E-state index contributed by atoms with van der Waals surface area (Å²) in [7, 11) is 0. The molecule has 2 aromatic heterocycles. The van der Waals surface area contributed by atoms with Crippen molar-refractivity contribution in [2.24, 2.45) is 0 Å². The lowest BCUT2D eigenvalue weighted by Crippen LogP contribution is -2.16. The summed E-state index contributed by atoms with van der Waals surface area (Å²) in [6, 6.07) is 15.3. The average Bonchev–Trinajstić information content (AvgIpc) is 3.45. The summed E-state index contributed by atoms with van der Waals surface area (Å²) in [6.45, 7) is 6.58. The van der Waals surface area contributed by atoms with E-state index in [2.05, 4.69) is 15.5 Å². The van der Waals surface area contributed by atoms with Crippen LogP contribution < -0.4 is 10.1 Å². The molecule has 4 rings (SSSR count). The highest BCUT2D eigenvalue weighted by atomic mass is 35.5. The molecule has 0 unspecified atom stereocenters. The molecule has 0 bridgehead atoms. The van der Waals surface area contributed by atoms with Crippen LogP contribution in [0.25, 0.3) is 0 Å². The van der Waals surface area contributed by atoms with Gasteiger partial charge in [-0.15, -0.1) is 10.2 Å². The molecule has 0 aliphatic heterocycles. The van der Waals surface area contributed by atoms with E-state index in [0.717, 1.165) is 28.2 Å². The third kappa shape index (κ3) is 6.01. The van der Waals surface area contributed by atoms with Gasteiger partial charge in [0.2, 0.25) is 5.91 Å². The van der Waals surface area contributed by atoms with Gasteiger partial charge in [0, 0.05) is 0 Å². The molecule has 176 valence electrons. The smallest absolute Gasteiger partial charge is 0.234 e. The number of hydrogen-bond acceptors (Lipinski definition) is 6. The largest absolute Gasteiger partial charge is 0.486 e. The van der Waals surface area contributed by atoms with Gasteiger partial charge in [0.15, 0.2) is 11.0 Å². The molecule has 0 saturated carbocycles. The van der Waals surface area contributed by atoms with Crippen molar-refractivity contribution in [1.82, 2.24) is 14.8 Å². The van der Waals surface area contributed by atoms with Crippen LogP contribution in [-0.2, 0) is 17.9 Å². The molecule has 0 aliphatic rings. The maximum absolute atomic E-state index is 12.7. The summed E-state index contributed by atoms with van der Waals surface area (Å²) < 4.78 is 13.3. The van der Waals surface area contributed by atoms with Crippen LogP contribution in [-0.4, -0.2) is 26.4 Å². The number of benzene rings is 2. The fourth-order valence-electron chi connectivity index (χ4n) is 3.41. The van der Waals surface area contributed by atoms with Crippen molar-refractivity contribution in [1.29, 1.82) is 0 Å². The van der Waals surface area contributed by atoms with Crippen LogP contribution >= 0.6 is 23.4 Å². The number of aryl methyl sites for hydroxylation is 3. The fraction of sp³-hybridized carbons (Fsp3) is 0.240. The highest BCUT2D eigenvalue weighted by Crippen LogP contribution is 2.28. The fourth-order valence-corrected chi connectivity index (χ4v) is 4.54. The predicted octanol–water partition coefficient (Wildman–Crippen LogP) is 5.81. The zero-order valence-electron chi connectivity index (χ0n) is 19.2. The van der Waals surface area contributed by atoms with E-state index >= 15 is 0 Å². The van der Waals surface area contributed by atoms with Gasteiger partial charge in [-0.25, -0.2) is 0 Å². The molecule has 2 heterocycles. The summed E-state index contributed by atoms with van der Waals surface area (Å²) >= 11 is 7.62. The van der Waals surface area contributed by atoms with E-state index in [-0.39, 0.29) is 18.3 Å². The van der Waals surface area contributed by atoms with Crippen molar-refractivity contribution < 1.29 is 13.9 Å². The van der Waals surface area contributed by atoms with E-state index in [1.54, 1.807) is 6.26 Å². The summed E-state index contributed by atoms with van der Waals surface area (Å²) in [5.74, 6) is 2.11. The van der Waals surface area contributed by atoms with E-state index < -0.39 is 0 Å². The van der Waals surface area contributed by atoms with E-state index in [9.17, 15) is 4.79 Å². The van der Waals surface area contributed by atoms with Gasteiger partial charge in [0.05, 0.1) is 29.3 Å². The SMILES string of the molecule is Cc1ccc(OCc2nnc(SCC(=O)Nc3c(C)cc(C)cc3Cl)n2Cc2ccco2)cc1. The number of furan rings is 1. The Morgan fingerprint density at radius 1 is 1.12 bits per heavy atom. The first-order chi connectivity index (χ1) is 16.4. The van der Waals surface area contributed by atoms with Crippen LogP contribution in [0.5, 0.6) is 5.75 Å². The zero-order valence-corrected chi connectivity index (χ0v) is 20.7. The second-order valence-electron chi connectivity index (χ2n) is 7.94. The number of amides is 1. The number of ether oxygens (including phenoxy) is 1. The van der Waals surface area contributed by atoms with E-state index in [4.69, 9.17) is 20.8 Å². The number of carbonyl (C=O) groups excluding carboxylic acids is 1. The van der Waals surface area contributed by atoms with Gasteiger partial charge < -0.3 is 14.5 Å². The van der Waals surface area contributed by atoms with Crippen LogP contribution in [0.15, 0.2) is 64.4 Å². The van der Waals surface area contributed by atoms with Crippen LogP contribution in [0.2, 0.25) is 5.02 Å². The van der Waals surface area contributed by atoms with Gasteiger partial charge >= 0.3 is 0 Å². The van der Waals surface area contributed by atoms with Crippen LogP contribution in [0.3, 0.4) is 0 Å². The summed E-state index contributed by atoms with van der Waals surface area (Å²) in [6.07, 6.45) is 1.62. The Balaban J connectivity index is 1.46. The highest BCUT2D eigenvalue weighted by molar-refractivity contribution is 7.99. The molecule has 9 heteroatoms. The minimum atomic E-state index is -0.177. The lowest BCUT2D eigenvalue weighted by Gasteiger charge is -2.12. The number of rotatable bonds is 9. The monoisotopic (exact) mass is 496 g/mol. The molecule has 0 spiro atoms. The maximum atomic E-state index is 12.7. The van der Waals surface area contributed by atoms with Crippen molar-refractivity contribution in [3.05, 3.63) is 88.1 Å². The lowest BCUT2D eigenvalue weighted by atomic mass is 10.1. The van der Waals surface area contributed by atoms with Crippen molar-refractivity contribution in [2.45, 2.75) is 39.1 Å². The van der Waals surface area contributed by atoms with Crippen LogP contribution in [0, 0.1) is 20.8 Å². The first-order valence-electron chi connectivity index (χ1n) is 10.7. The van der Waals surface area contributed by atoms with E-state index in [0.29, 0.717) is 28.2 Å². The van der Waals surface area contributed by atoms with E-state index in [1.807, 2.05) is 73.9 Å². The number of nitrogens with zero attached hydrogens (tertiary/aromatic N) is 3. The summed E-state index contributed by atoms with van der Waals surface area (Å²) in [5, 5.41) is 12.6. The molecule has 1 N–H and O–H groups in total. The molecule has 34 heavy (non-hydrogen) atoms. The molecule has 0 radical (unpaired) electrons. The zero-order chi connectivity index (χ0) is 24.1. The number of aromatic nitrogens is 3. The number of halogens is 1. The topological polar surface area (TPSA) is 82.2 Å². The number of carbonyl (C=O) groups is 1. The number of hydrogen-bond donors (Lipinski definition) is 1. The normalized spacial score (nSPS) is 10.9. The second-order valence-corrected chi connectivity index (χ2v) is 9.29. The molecule has 0 fully saturated rings. The minimum Gasteiger partial charge on any atom is -0.486 e. The van der Waals surface area contributed by atoms with Crippen molar-refractivity contribution in [3.63, 3.8) is 0 Å². The molecular formula is C25H25ClN4O3S. The van der Waals surface area contributed by atoms with Crippen molar-refractivity contribution in [2.75, 3.05) is 11.1 Å². The van der Waals surface area contributed by atoms with Crippen LogP contribution in [0.1, 0.15) is 28.3 Å². The molecular weight excluding hydrogens is 472 g/mol. The number of thioether (sulfide) groups is 1. The van der Waals surface area contributed by atoms with Crippen molar-refractivity contribution >= 4 is 35.0 Å². The molecule has 1 amide bonds. The van der Waals surface area contributed by atoms with Gasteiger partial charge in [-0.2, -0.15) is 0 Å². The Bertz CT molecular complexity index is 1250. The predicted molar refractivity (Wildman–Crippen MR) is 134 cm³/mol. The third-order valence-electron chi connectivity index (χ3n) is 5.10. The van der Waals surface area contributed by atoms with Gasteiger partial charge in [-0.1, -0.05) is 47.1 Å². The van der Waals surface area contributed by atoms with Gasteiger partial charge in [-0.05, 0) is 62.2 Å². The Kier molecular flexibility index (Phi) is 7.59. The Labute approximate surface area is 207 Å². The van der Waals surface area contributed by atoms with E-state index in [1.165, 1.54) is 11.8 Å². The minimum absolute atomic E-state index is 0.152. The first kappa shape index (κ1) is 23.9. The summed E-state index contributed by atoms with van der Waals surface area (Å²) in [4.78, 5) is 12.7. The summed E-state index contributed by atoms with van der Waals surface area (Å²) in [5.41, 5.74) is 3.75. The Morgan fingerprint density at radius 3 is 2.62 bits per heavy atom. The van der Waals surface area contributed by atoms with Crippen molar-refractivity contribution in [3.8, 4) is 5.75 Å². The Morgan fingerprint density at radius 2 is 1.91 bits per heavy atom. The standard InChI is InChI=1S/C25H25ClN4O3S/c1-16-6-8-19(9-7-16)33-14-22-28-29-25(30(22)13-20-5-4-10-32-20)34-15-23(31)27-24-18(3)11-17(2)12-21(24)26/h4-12H,13-15H2,1-3H3,(H,27,31). The number of anilines is 1. The van der Waals surface area contributed by atoms with Gasteiger partial charge in [0.1, 0.15) is 18.1 Å². The molecule has 7 nitrogen and oxygen atoms in total. The Hall–Kier alpha value is -3.23. The highest BCUT2D eigenvalue weighted by Gasteiger charge is 2.17. The lowest BCUT2D eigenvalue weighted by molar-refractivity contribution is -0.113. The molecule has 0 atom stereocenters. The quantitative estimate of drug-likeness (QED) is 0.294. The van der Waals surface area contributed by atoms with Crippen LogP contribution in [0.4, 0.5) is 5.69 Å². The molecule has 4 aromatic rings. The average molecular weight is 497 g/mol. The first-order valence-corrected chi connectivity index (χ1v) is 12.1. The van der Waals surface area contributed by atoms with Gasteiger partial charge in [0.25, 0.3) is 0 Å². The van der Waals surface area contributed by atoms with Gasteiger partial charge in [-0.3, -0.25) is 9.36 Å². The molecule has 0 aliphatic carbocycles. The second kappa shape index (κ2) is 10.8. The molecule has 0 saturated heterocycles.